The largest absolute Gasteiger partial charge is 0.390 e. The lowest BCUT2D eigenvalue weighted by Crippen LogP contribution is -2.34. The number of hydrogen-bond acceptors (Lipinski definition) is 3. The van der Waals surface area contributed by atoms with Crippen LogP contribution in [-0.4, -0.2) is 35.6 Å². The van der Waals surface area contributed by atoms with Gasteiger partial charge in [0.25, 0.3) is 0 Å². The van der Waals surface area contributed by atoms with Gasteiger partial charge in [-0.05, 0) is 33.6 Å². The molecule has 3 nitrogen and oxygen atoms in total. The van der Waals surface area contributed by atoms with Gasteiger partial charge < -0.3 is 14.6 Å². The number of ether oxygens (including phenoxy) is 2. The molecule has 0 aromatic rings. The normalized spacial score (nSPS) is 42.9. The van der Waals surface area contributed by atoms with E-state index in [2.05, 4.69) is 20.8 Å². The molecule has 14 heavy (non-hydrogen) atoms. The van der Waals surface area contributed by atoms with E-state index < -0.39 is 0 Å². The second-order valence-corrected chi connectivity index (χ2v) is 5.38. The number of hydrogen-bond donors (Lipinski definition) is 1. The van der Waals surface area contributed by atoms with Gasteiger partial charge in [0.05, 0.1) is 30.5 Å². The van der Waals surface area contributed by atoms with Gasteiger partial charge in [-0.25, -0.2) is 0 Å². The van der Waals surface area contributed by atoms with E-state index in [1.54, 1.807) is 0 Å². The zero-order valence-corrected chi connectivity index (χ0v) is 9.19. The number of fused-ring (bicyclic) bond motifs is 1. The average molecular weight is 200 g/mol. The molecule has 1 N–H and O–H groups in total. The van der Waals surface area contributed by atoms with Crippen molar-refractivity contribution in [3.8, 4) is 0 Å². The third kappa shape index (κ3) is 1.95. The molecule has 2 rings (SSSR count). The molecule has 4 unspecified atom stereocenters. The van der Waals surface area contributed by atoms with Crippen molar-refractivity contribution in [3.05, 3.63) is 0 Å². The highest BCUT2D eigenvalue weighted by Crippen LogP contribution is 2.39. The van der Waals surface area contributed by atoms with E-state index in [1.807, 2.05) is 0 Å². The zero-order valence-electron chi connectivity index (χ0n) is 9.19. The minimum atomic E-state index is -0.270. The molecule has 2 fully saturated rings. The molecule has 1 aliphatic heterocycles. The summed E-state index contributed by atoms with van der Waals surface area (Å²) >= 11 is 0. The van der Waals surface area contributed by atoms with Crippen molar-refractivity contribution in [2.24, 2.45) is 5.92 Å². The van der Waals surface area contributed by atoms with Gasteiger partial charge in [-0.2, -0.15) is 0 Å². The first kappa shape index (κ1) is 10.4. The van der Waals surface area contributed by atoms with Crippen molar-refractivity contribution >= 4 is 0 Å². The minimum Gasteiger partial charge on any atom is -0.390 e. The quantitative estimate of drug-likeness (QED) is 0.694. The predicted molar refractivity (Wildman–Crippen MR) is 53.1 cm³/mol. The summed E-state index contributed by atoms with van der Waals surface area (Å²) in [5, 5.41) is 9.63. The van der Waals surface area contributed by atoms with Crippen LogP contribution in [0.5, 0.6) is 0 Å². The van der Waals surface area contributed by atoms with Gasteiger partial charge in [-0.1, -0.05) is 0 Å². The molecule has 1 heterocycles. The summed E-state index contributed by atoms with van der Waals surface area (Å²) in [7, 11) is 0. The van der Waals surface area contributed by atoms with Gasteiger partial charge in [-0.15, -0.1) is 0 Å². The molecule has 0 aromatic carbocycles. The Bertz CT molecular complexity index is 209. The van der Waals surface area contributed by atoms with Crippen molar-refractivity contribution in [3.63, 3.8) is 0 Å². The first-order valence-electron chi connectivity index (χ1n) is 5.45. The molecule has 82 valence electrons. The van der Waals surface area contributed by atoms with Gasteiger partial charge in [0.2, 0.25) is 0 Å². The SMILES string of the molecule is CC(C)(C)OC1CCC2C(O)COC12. The highest BCUT2D eigenvalue weighted by atomic mass is 16.6. The standard InChI is InChI=1S/C11H20O3/c1-11(2,3)14-9-5-4-7-8(12)6-13-10(7)9/h7-10,12H,4-6H2,1-3H3. The molecule has 4 atom stereocenters. The van der Waals surface area contributed by atoms with Crippen LogP contribution in [0.4, 0.5) is 0 Å². The predicted octanol–water partition coefficient (Wildman–Crippen LogP) is 1.34. The molecular formula is C11H20O3. The van der Waals surface area contributed by atoms with Crippen LogP contribution in [0.15, 0.2) is 0 Å². The van der Waals surface area contributed by atoms with Crippen molar-refractivity contribution in [1.29, 1.82) is 0 Å². The Kier molecular flexibility index (Phi) is 2.58. The third-order valence-electron chi connectivity index (χ3n) is 3.03. The Morgan fingerprint density at radius 3 is 2.64 bits per heavy atom. The van der Waals surface area contributed by atoms with Crippen LogP contribution in [-0.2, 0) is 9.47 Å². The molecule has 1 saturated heterocycles. The van der Waals surface area contributed by atoms with Crippen LogP contribution in [0, 0.1) is 5.92 Å². The average Bonchev–Trinajstić information content (AvgIpc) is 2.55. The van der Waals surface area contributed by atoms with Crippen molar-refractivity contribution in [2.45, 2.75) is 57.5 Å². The van der Waals surface area contributed by atoms with E-state index in [9.17, 15) is 5.11 Å². The van der Waals surface area contributed by atoms with Crippen LogP contribution < -0.4 is 0 Å². The second-order valence-electron chi connectivity index (χ2n) is 5.38. The zero-order chi connectivity index (χ0) is 10.3. The highest BCUT2D eigenvalue weighted by Gasteiger charge is 2.47. The third-order valence-corrected chi connectivity index (χ3v) is 3.03. The fourth-order valence-electron chi connectivity index (χ4n) is 2.52. The van der Waals surface area contributed by atoms with Crippen LogP contribution in [0.1, 0.15) is 33.6 Å². The lowest BCUT2D eigenvalue weighted by Gasteiger charge is -2.28. The lowest BCUT2D eigenvalue weighted by molar-refractivity contribution is -0.108. The highest BCUT2D eigenvalue weighted by molar-refractivity contribution is 4.95. The fraction of sp³-hybridized carbons (Fsp3) is 1.00. The van der Waals surface area contributed by atoms with E-state index >= 15 is 0 Å². The van der Waals surface area contributed by atoms with Crippen LogP contribution in [0.2, 0.25) is 0 Å². The van der Waals surface area contributed by atoms with E-state index in [4.69, 9.17) is 9.47 Å². The molecule has 3 heteroatoms. The van der Waals surface area contributed by atoms with Gasteiger partial charge in [0.15, 0.2) is 0 Å². The lowest BCUT2D eigenvalue weighted by atomic mass is 10.0. The summed E-state index contributed by atoms with van der Waals surface area (Å²) in [6.45, 7) is 6.67. The Balaban J connectivity index is 1.97. The van der Waals surface area contributed by atoms with Gasteiger partial charge in [0, 0.05) is 5.92 Å². The maximum atomic E-state index is 9.63. The summed E-state index contributed by atoms with van der Waals surface area (Å²) in [5.41, 5.74) is -0.115. The Morgan fingerprint density at radius 1 is 1.29 bits per heavy atom. The van der Waals surface area contributed by atoms with Crippen molar-refractivity contribution in [1.82, 2.24) is 0 Å². The summed E-state index contributed by atoms with van der Waals surface area (Å²) in [4.78, 5) is 0. The Labute approximate surface area is 85.4 Å². The summed E-state index contributed by atoms with van der Waals surface area (Å²) in [5.74, 6) is 0.308. The molecular weight excluding hydrogens is 180 g/mol. The first-order valence-corrected chi connectivity index (χ1v) is 5.45. The maximum Gasteiger partial charge on any atom is 0.0891 e. The number of aliphatic hydroxyl groups excluding tert-OH is 1. The van der Waals surface area contributed by atoms with Crippen LogP contribution in [0.25, 0.3) is 0 Å². The Morgan fingerprint density at radius 2 is 2.00 bits per heavy atom. The molecule has 2 aliphatic rings. The summed E-state index contributed by atoms with van der Waals surface area (Å²) in [6, 6.07) is 0. The first-order chi connectivity index (χ1) is 6.47. The molecule has 0 bridgehead atoms. The molecule has 1 aliphatic carbocycles. The van der Waals surface area contributed by atoms with Gasteiger partial charge in [-0.3, -0.25) is 0 Å². The minimum absolute atomic E-state index is 0.115. The molecule has 0 radical (unpaired) electrons. The fourth-order valence-corrected chi connectivity index (χ4v) is 2.52. The molecule has 0 amide bonds. The van der Waals surface area contributed by atoms with Crippen molar-refractivity contribution in [2.75, 3.05) is 6.61 Å². The maximum absolute atomic E-state index is 9.63. The molecule has 0 aromatic heterocycles. The number of rotatable bonds is 1. The monoisotopic (exact) mass is 200 g/mol. The van der Waals surface area contributed by atoms with Crippen molar-refractivity contribution < 1.29 is 14.6 Å². The van der Waals surface area contributed by atoms with Crippen LogP contribution in [0.3, 0.4) is 0 Å². The summed E-state index contributed by atoms with van der Waals surface area (Å²) < 4.78 is 11.5. The van der Waals surface area contributed by atoms with Gasteiger partial charge in [0.1, 0.15) is 0 Å². The van der Waals surface area contributed by atoms with E-state index in [0.29, 0.717) is 12.5 Å². The van der Waals surface area contributed by atoms with Gasteiger partial charge >= 0.3 is 0 Å². The van der Waals surface area contributed by atoms with Crippen LogP contribution >= 0.6 is 0 Å². The smallest absolute Gasteiger partial charge is 0.0891 e. The van der Waals surface area contributed by atoms with E-state index in [0.717, 1.165) is 12.8 Å². The summed E-state index contributed by atoms with van der Waals surface area (Å²) in [6.07, 6.45) is 2.09. The molecule has 1 saturated carbocycles. The molecule has 0 spiro atoms. The number of aliphatic hydroxyl groups is 1. The van der Waals surface area contributed by atoms with E-state index in [-0.39, 0.29) is 23.9 Å². The Hall–Kier alpha value is -0.120. The topological polar surface area (TPSA) is 38.7 Å². The van der Waals surface area contributed by atoms with E-state index in [1.165, 1.54) is 0 Å². The second kappa shape index (κ2) is 3.47.